The normalized spacial score (nSPS) is 8.52. The van der Waals surface area contributed by atoms with Crippen molar-refractivity contribution in [3.8, 4) is 0 Å². The number of hydrogen-bond acceptors (Lipinski definition) is 13. The number of phosphoric acid groups is 1. The Morgan fingerprint density at radius 3 is 0.636 bits per heavy atom. The SMILES string of the molecule is COC(=O)CC(=O)OC.COC(=O)CC(=O)OC.COC(=O)CC(=O)OC.O=P(O)(O)O.[LiH]. The van der Waals surface area contributed by atoms with Gasteiger partial charge in [0.2, 0.25) is 0 Å². The van der Waals surface area contributed by atoms with E-state index in [1.54, 1.807) is 0 Å². The van der Waals surface area contributed by atoms with Crippen LogP contribution in [0.2, 0.25) is 0 Å². The van der Waals surface area contributed by atoms with Gasteiger partial charge in [0.15, 0.2) is 0 Å². The zero-order valence-electron chi connectivity index (χ0n) is 18.2. The van der Waals surface area contributed by atoms with Gasteiger partial charge in [-0.3, -0.25) is 28.8 Å². The molecule has 0 unspecified atom stereocenters. The molecule has 0 aliphatic carbocycles. The van der Waals surface area contributed by atoms with E-state index in [9.17, 15) is 28.8 Å². The van der Waals surface area contributed by atoms with Crippen molar-refractivity contribution in [2.75, 3.05) is 42.7 Å². The molecule has 0 rings (SSSR count). The number of hydrogen-bond donors (Lipinski definition) is 3. The molecular weight excluding hydrogens is 474 g/mol. The van der Waals surface area contributed by atoms with Crippen LogP contribution in [0.1, 0.15) is 19.3 Å². The molecule has 190 valence electrons. The van der Waals surface area contributed by atoms with Gasteiger partial charge in [-0.25, -0.2) is 4.57 Å². The van der Waals surface area contributed by atoms with Gasteiger partial charge in [0.05, 0.1) is 42.7 Å². The van der Waals surface area contributed by atoms with Crippen molar-refractivity contribution in [2.45, 2.75) is 19.3 Å². The van der Waals surface area contributed by atoms with Crippen LogP contribution in [0.3, 0.4) is 0 Å². The molecule has 16 nitrogen and oxygen atoms in total. The van der Waals surface area contributed by atoms with E-state index in [0.29, 0.717) is 0 Å². The van der Waals surface area contributed by atoms with E-state index in [-0.39, 0.29) is 38.1 Å². The maximum atomic E-state index is 10.3. The quantitative estimate of drug-likeness (QED) is 0.113. The fourth-order valence-electron chi connectivity index (χ4n) is 0.787. The van der Waals surface area contributed by atoms with Crippen LogP contribution in [-0.2, 0) is 61.8 Å². The molecule has 0 atom stereocenters. The Morgan fingerprint density at radius 2 is 0.576 bits per heavy atom. The van der Waals surface area contributed by atoms with Crippen LogP contribution in [0.4, 0.5) is 0 Å². The number of ether oxygens (including phenoxy) is 6. The molecule has 0 spiro atoms. The van der Waals surface area contributed by atoms with E-state index in [4.69, 9.17) is 19.2 Å². The molecule has 0 aromatic carbocycles. The summed E-state index contributed by atoms with van der Waals surface area (Å²) in [5, 5.41) is 0. The summed E-state index contributed by atoms with van der Waals surface area (Å²) in [6.45, 7) is 0. The summed E-state index contributed by atoms with van der Waals surface area (Å²) in [6, 6.07) is 0. The molecule has 0 aromatic rings. The maximum absolute atomic E-state index is 10.3. The molecule has 33 heavy (non-hydrogen) atoms. The number of carbonyl (C=O) groups is 6. The van der Waals surface area contributed by atoms with Gasteiger partial charge in [-0.05, 0) is 0 Å². The van der Waals surface area contributed by atoms with Crippen LogP contribution in [-0.4, -0.2) is 112 Å². The molecule has 0 saturated heterocycles. The van der Waals surface area contributed by atoms with Crippen molar-refractivity contribution < 1.29 is 76.4 Å². The molecule has 18 heteroatoms. The van der Waals surface area contributed by atoms with Crippen molar-refractivity contribution in [3.63, 3.8) is 0 Å². The van der Waals surface area contributed by atoms with Gasteiger partial charge in [0.25, 0.3) is 0 Å². The Labute approximate surface area is 201 Å². The monoisotopic (exact) mass is 502 g/mol. The van der Waals surface area contributed by atoms with Crippen LogP contribution in [0.15, 0.2) is 0 Å². The Balaban J connectivity index is -0.000000107. The van der Waals surface area contributed by atoms with Gasteiger partial charge >= 0.3 is 62.5 Å². The predicted octanol–water partition coefficient (Wildman–Crippen LogP) is -2.41. The van der Waals surface area contributed by atoms with Gasteiger partial charge in [0, 0.05) is 0 Å². The molecule has 0 heterocycles. The van der Waals surface area contributed by atoms with Gasteiger partial charge in [-0.15, -0.1) is 0 Å². The topological polar surface area (TPSA) is 236 Å². The van der Waals surface area contributed by atoms with E-state index in [0.717, 1.165) is 0 Å². The second-order valence-electron chi connectivity index (χ2n) is 4.50. The average molecular weight is 502 g/mol. The Hall–Kier alpha value is -2.47. The second-order valence-corrected chi connectivity index (χ2v) is 5.53. The Bertz CT molecular complexity index is 522. The third kappa shape index (κ3) is 48.3. The zero-order chi connectivity index (χ0) is 26.3. The number of methoxy groups -OCH3 is 6. The first-order chi connectivity index (χ1) is 14.6. The molecule has 0 fully saturated rings. The van der Waals surface area contributed by atoms with E-state index in [1.807, 2.05) is 0 Å². The van der Waals surface area contributed by atoms with Gasteiger partial charge in [-0.2, -0.15) is 0 Å². The summed E-state index contributed by atoms with van der Waals surface area (Å²) in [6.07, 6.45) is -0.938. The Kier molecular flexibility index (Phi) is 31.9. The third-order valence-corrected chi connectivity index (χ3v) is 2.23. The fourth-order valence-corrected chi connectivity index (χ4v) is 0.787. The molecule has 0 aromatic heterocycles. The fraction of sp³-hybridized carbons (Fsp3) is 0.600. The predicted molar refractivity (Wildman–Crippen MR) is 107 cm³/mol. The van der Waals surface area contributed by atoms with E-state index in [2.05, 4.69) is 28.4 Å². The molecule has 0 amide bonds. The summed E-state index contributed by atoms with van der Waals surface area (Å²) >= 11 is 0. The first-order valence-corrected chi connectivity index (χ1v) is 9.37. The average Bonchev–Trinajstić information content (AvgIpc) is 2.72. The molecule has 0 saturated carbocycles. The van der Waals surface area contributed by atoms with Crippen molar-refractivity contribution in [1.82, 2.24) is 0 Å². The molecule has 3 N–H and O–H groups in total. The van der Waals surface area contributed by atoms with E-state index >= 15 is 0 Å². The molecular formula is C15H28LiO16P. The van der Waals surface area contributed by atoms with Crippen LogP contribution in [0, 0.1) is 0 Å². The van der Waals surface area contributed by atoms with Crippen molar-refractivity contribution in [2.24, 2.45) is 0 Å². The summed E-state index contributed by atoms with van der Waals surface area (Å²) in [5.41, 5.74) is 0. The third-order valence-electron chi connectivity index (χ3n) is 2.23. The van der Waals surface area contributed by atoms with E-state index in [1.165, 1.54) is 42.7 Å². The number of esters is 6. The van der Waals surface area contributed by atoms with Crippen LogP contribution < -0.4 is 0 Å². The second kappa shape index (κ2) is 25.8. The molecule has 0 aliphatic rings. The summed E-state index contributed by atoms with van der Waals surface area (Å²) < 4.78 is 34.0. The summed E-state index contributed by atoms with van der Waals surface area (Å²) in [7, 11) is 2.64. The van der Waals surface area contributed by atoms with Gasteiger partial charge < -0.3 is 43.1 Å². The van der Waals surface area contributed by atoms with Crippen molar-refractivity contribution in [3.05, 3.63) is 0 Å². The first kappa shape index (κ1) is 40.8. The van der Waals surface area contributed by atoms with Crippen LogP contribution >= 0.6 is 7.82 Å². The summed E-state index contributed by atoms with van der Waals surface area (Å²) in [4.78, 5) is 83.1. The van der Waals surface area contributed by atoms with E-state index < -0.39 is 43.6 Å². The molecule has 0 aliphatic heterocycles. The number of carbonyl (C=O) groups excluding carboxylic acids is 6. The minimum absolute atomic E-state index is 0. The minimum atomic E-state index is -4.64. The summed E-state index contributed by atoms with van der Waals surface area (Å²) in [5.74, 6) is -3.49. The van der Waals surface area contributed by atoms with Crippen LogP contribution in [0.5, 0.6) is 0 Å². The van der Waals surface area contributed by atoms with Crippen molar-refractivity contribution in [1.29, 1.82) is 0 Å². The number of rotatable bonds is 6. The first-order valence-electron chi connectivity index (χ1n) is 7.80. The zero-order valence-corrected chi connectivity index (χ0v) is 19.1. The van der Waals surface area contributed by atoms with Gasteiger partial charge in [0.1, 0.15) is 19.3 Å². The van der Waals surface area contributed by atoms with Crippen LogP contribution in [0.25, 0.3) is 0 Å². The standard InChI is InChI=1S/3C5H8O4.Li.H3O4P.H/c3*1-8-4(6)3-5(7)9-2;;1-5(2,3)4;/h3*3H2,1-2H3;;(H3,1,2,3,4);. The van der Waals surface area contributed by atoms with Crippen molar-refractivity contribution >= 4 is 62.5 Å². The van der Waals surface area contributed by atoms with Gasteiger partial charge in [-0.1, -0.05) is 0 Å². The molecule has 0 radical (unpaired) electrons. The Morgan fingerprint density at radius 1 is 0.485 bits per heavy atom. The molecule has 0 bridgehead atoms.